The maximum Gasteiger partial charge on any atom is 0.364 e. The Balaban J connectivity index is 1.53. The normalized spacial score (nSPS) is 43.2. The molecule has 0 spiro atoms. The van der Waals surface area contributed by atoms with E-state index in [9.17, 15) is 116 Å². The van der Waals surface area contributed by atoms with Gasteiger partial charge in [-0.05, 0) is 0 Å². The summed E-state index contributed by atoms with van der Waals surface area (Å²) >= 11 is 0. The number of aliphatic hydroxyl groups excluding tert-OH is 16. The van der Waals surface area contributed by atoms with Gasteiger partial charge in [-0.3, -0.25) is 14.4 Å². The molecule has 0 bridgehead atoms. The van der Waals surface area contributed by atoms with Gasteiger partial charge in [0, 0.05) is 33.6 Å². The molecule has 0 aromatic heterocycles. The molecule has 444 valence electrons. The van der Waals surface area contributed by atoms with Gasteiger partial charge in [-0.2, -0.15) is 0 Å². The molecule has 5 saturated heterocycles. The fourth-order valence-electron chi connectivity index (χ4n) is 9.64. The van der Waals surface area contributed by atoms with Crippen LogP contribution in [0.25, 0.3) is 0 Å². The number of carbonyl (C=O) groups excluding carboxylic acids is 3. The van der Waals surface area contributed by atoms with Crippen LogP contribution in [0.2, 0.25) is 0 Å². The molecule has 0 saturated carbocycles. The van der Waals surface area contributed by atoms with E-state index < -0.39 is 240 Å². The van der Waals surface area contributed by atoms with Crippen LogP contribution < -0.4 is 16.0 Å². The highest BCUT2D eigenvalue weighted by molar-refractivity contribution is 5.77. The molecule has 5 aliphatic rings. The van der Waals surface area contributed by atoms with Gasteiger partial charge >= 0.3 is 11.9 Å². The van der Waals surface area contributed by atoms with Crippen molar-refractivity contribution in [3.63, 3.8) is 0 Å². The average Bonchev–Trinajstić information content (AvgIpc) is 3.37. The Labute approximate surface area is 434 Å². The van der Waals surface area contributed by atoms with Crippen LogP contribution in [0.15, 0.2) is 0 Å². The number of carboxylic acids is 2. The molecule has 35 heteroatoms. The van der Waals surface area contributed by atoms with Crippen LogP contribution in [0, 0.1) is 0 Å². The van der Waals surface area contributed by atoms with E-state index >= 15 is 0 Å². The van der Waals surface area contributed by atoms with Crippen LogP contribution >= 0.6 is 0 Å². The predicted molar refractivity (Wildman–Crippen MR) is 236 cm³/mol. The maximum atomic E-state index is 13.2. The SMILES string of the molecule is CC(=O)N[C@H]1[C@H](O[C@@H]2[C@H](O[C@]3(C(=O)O)C[C@H](O)[C@@H](NC(C)=O)[C@H]([C@H](O)[C@H](O)CO)O3)[C@@H](O)C(O)O[C@@H]2CO)O[C@H](CO)[C@H](O)[C@@H]1O[C@@H]1O[C@H](CO)[C@H](O)[C@H](O[C@]2(C(=O)O)C[C@H](O)[C@@H](NC(C)=O)[C@H]([C@H](O)[C@H](O)CO)O2)[C@H]1O. The van der Waals surface area contributed by atoms with Crippen molar-refractivity contribution in [3.8, 4) is 0 Å². The summed E-state index contributed by atoms with van der Waals surface area (Å²) in [6.45, 7) is -3.03. The van der Waals surface area contributed by atoms with E-state index in [0.29, 0.717) is 0 Å². The van der Waals surface area contributed by atoms with E-state index in [1.165, 1.54) is 0 Å². The van der Waals surface area contributed by atoms with Gasteiger partial charge in [0.15, 0.2) is 18.9 Å². The van der Waals surface area contributed by atoms with Gasteiger partial charge in [-0.1, -0.05) is 0 Å². The van der Waals surface area contributed by atoms with Crippen molar-refractivity contribution < 1.29 is 159 Å². The second-order valence-electron chi connectivity index (χ2n) is 19.0. The van der Waals surface area contributed by atoms with Crippen molar-refractivity contribution in [2.24, 2.45) is 0 Å². The summed E-state index contributed by atoms with van der Waals surface area (Å²) in [5, 5.41) is 200. The molecule has 5 aliphatic heterocycles. The largest absolute Gasteiger partial charge is 0.477 e. The predicted octanol–water partition coefficient (Wildman–Crippen LogP) is -13.1. The second-order valence-corrected chi connectivity index (χ2v) is 19.0. The van der Waals surface area contributed by atoms with E-state index in [0.717, 1.165) is 20.8 Å². The summed E-state index contributed by atoms with van der Waals surface area (Å²) in [4.78, 5) is 63.4. The van der Waals surface area contributed by atoms with Crippen LogP contribution in [-0.4, -0.2) is 319 Å². The monoisotopic (exact) mass is 1130 g/mol. The van der Waals surface area contributed by atoms with Gasteiger partial charge in [0.2, 0.25) is 17.7 Å². The third kappa shape index (κ3) is 13.9. The second kappa shape index (κ2) is 26.7. The maximum absolute atomic E-state index is 13.2. The molecule has 0 aromatic rings. The summed E-state index contributed by atoms with van der Waals surface area (Å²) in [7, 11) is 0. The van der Waals surface area contributed by atoms with Gasteiger partial charge in [-0.25, -0.2) is 9.59 Å². The fraction of sp³-hybridized carbons (Fsp3) is 0.881. The molecule has 5 rings (SSSR count). The first-order chi connectivity index (χ1) is 36.0. The topological polar surface area (TPSA) is 569 Å². The molecule has 3 amide bonds. The zero-order valence-corrected chi connectivity index (χ0v) is 41.1. The van der Waals surface area contributed by atoms with Crippen molar-refractivity contribution >= 4 is 29.7 Å². The lowest BCUT2D eigenvalue weighted by atomic mass is 9.88. The molecule has 35 nitrogen and oxygen atoms in total. The molecule has 1 unspecified atom stereocenters. The zero-order chi connectivity index (χ0) is 57.8. The summed E-state index contributed by atoms with van der Waals surface area (Å²) in [5.74, 6) is -13.5. The molecule has 5 fully saturated rings. The van der Waals surface area contributed by atoms with Gasteiger partial charge in [0.1, 0.15) is 110 Å². The minimum atomic E-state index is -3.28. The average molecular weight is 1130 g/mol. The third-order valence-corrected chi connectivity index (χ3v) is 13.5. The Hall–Kier alpha value is -3.65. The zero-order valence-electron chi connectivity index (χ0n) is 41.1. The van der Waals surface area contributed by atoms with E-state index in [1.54, 1.807) is 0 Å². The first kappa shape index (κ1) is 64.2. The Kier molecular flexibility index (Phi) is 22.3. The molecule has 5 heterocycles. The van der Waals surface area contributed by atoms with E-state index in [-0.39, 0.29) is 0 Å². The highest BCUT2D eigenvalue weighted by atomic mass is 16.8. The molecule has 0 radical (unpaired) electrons. The number of aliphatic carboxylic acids is 2. The standard InChI is InChI=1S/C42H69N3O32/c1-11(51)43-21-14(54)4-41(39(65)66,74-32(21)24(58)16(56)6-46)76-34-27(61)19(9-49)71-38(29(34)63)73-31-23(45-13(3)53)37(70-18(8-48)26(31)60)72-30-20(10-50)69-36(64)28(62)35(30)77-42(40(67)68)5-15(55)22(44-12(2)52)33(75-42)25(59)17(57)7-47/h14-38,46-50,54-64H,4-10H2,1-3H3,(H,43,51)(H,44,52)(H,45,53)(H,65,66)(H,67,68)/t14-,15-,16+,17+,18+,19+,20+,21+,22+,23+,24+,25+,26-,27-,28+,29+,30-,31+,32+,33+,34-,35+,36?,37-,38-,41-,42-/m0/s1. The molecular formula is C42H69N3O32. The number of rotatable bonds is 22. The Morgan fingerprint density at radius 3 is 1.30 bits per heavy atom. The van der Waals surface area contributed by atoms with Crippen LogP contribution in [0.3, 0.4) is 0 Å². The highest BCUT2D eigenvalue weighted by Crippen LogP contribution is 2.41. The lowest BCUT2D eigenvalue weighted by Crippen LogP contribution is -2.72. The summed E-state index contributed by atoms with van der Waals surface area (Å²) in [6, 6.07) is -5.41. The first-order valence-electron chi connectivity index (χ1n) is 23.9. The lowest BCUT2D eigenvalue weighted by molar-refractivity contribution is -0.394. The van der Waals surface area contributed by atoms with E-state index in [2.05, 4.69) is 16.0 Å². The molecule has 21 N–H and O–H groups in total. The number of aliphatic hydroxyl groups is 16. The smallest absolute Gasteiger partial charge is 0.364 e. The molecule has 0 aromatic carbocycles. The number of hydrogen-bond acceptors (Lipinski definition) is 30. The number of hydrogen-bond donors (Lipinski definition) is 21. The third-order valence-electron chi connectivity index (χ3n) is 13.5. The van der Waals surface area contributed by atoms with Crippen molar-refractivity contribution in [2.75, 3.05) is 33.0 Å². The first-order valence-corrected chi connectivity index (χ1v) is 23.9. The number of carbonyl (C=O) groups is 5. The molecule has 27 atom stereocenters. The van der Waals surface area contributed by atoms with Gasteiger partial charge in [0.05, 0.1) is 57.3 Å². The quantitative estimate of drug-likeness (QED) is 0.0479. The Morgan fingerprint density at radius 2 is 0.896 bits per heavy atom. The lowest BCUT2D eigenvalue weighted by Gasteiger charge is -2.52. The minimum Gasteiger partial charge on any atom is -0.477 e. The number of carboxylic acid groups (broad SMARTS) is 2. The van der Waals surface area contributed by atoms with Gasteiger partial charge in [0.25, 0.3) is 11.6 Å². The van der Waals surface area contributed by atoms with Crippen LogP contribution in [0.5, 0.6) is 0 Å². The summed E-state index contributed by atoms with van der Waals surface area (Å²) in [6.07, 6.45) is -50.6. The number of ether oxygens (including phenoxy) is 9. The summed E-state index contributed by atoms with van der Waals surface area (Å²) in [5.41, 5.74) is 0. The van der Waals surface area contributed by atoms with Crippen molar-refractivity contribution in [1.29, 1.82) is 0 Å². The number of nitrogens with one attached hydrogen (secondary N) is 3. The van der Waals surface area contributed by atoms with Gasteiger partial charge < -0.3 is 150 Å². The van der Waals surface area contributed by atoms with Crippen molar-refractivity contribution in [1.82, 2.24) is 16.0 Å². The van der Waals surface area contributed by atoms with E-state index in [4.69, 9.17) is 42.6 Å². The van der Waals surface area contributed by atoms with Crippen LogP contribution in [0.1, 0.15) is 33.6 Å². The van der Waals surface area contributed by atoms with Crippen molar-refractivity contribution in [3.05, 3.63) is 0 Å². The minimum absolute atomic E-state index is 0.847. The molecular weight excluding hydrogens is 1060 g/mol. The van der Waals surface area contributed by atoms with Crippen molar-refractivity contribution in [2.45, 2.75) is 198 Å². The van der Waals surface area contributed by atoms with Crippen LogP contribution in [0.4, 0.5) is 0 Å². The molecule has 77 heavy (non-hydrogen) atoms. The van der Waals surface area contributed by atoms with Gasteiger partial charge in [-0.15, -0.1) is 0 Å². The fourth-order valence-corrected chi connectivity index (χ4v) is 9.64. The highest BCUT2D eigenvalue weighted by Gasteiger charge is 2.63. The van der Waals surface area contributed by atoms with E-state index in [1.807, 2.05) is 0 Å². The number of amides is 3. The Bertz CT molecular complexity index is 2000. The molecule has 0 aliphatic carbocycles. The Morgan fingerprint density at radius 1 is 0.506 bits per heavy atom. The van der Waals surface area contributed by atoms with Crippen LogP contribution in [-0.2, 0) is 66.6 Å². The summed E-state index contributed by atoms with van der Waals surface area (Å²) < 4.78 is 51.6.